The summed E-state index contributed by atoms with van der Waals surface area (Å²) in [6.45, 7) is 6.91. The summed E-state index contributed by atoms with van der Waals surface area (Å²) >= 11 is 0. The van der Waals surface area contributed by atoms with E-state index in [1.165, 1.54) is 12.8 Å². The molecule has 1 aromatic heterocycles. The van der Waals surface area contributed by atoms with Gasteiger partial charge in [0.1, 0.15) is 0 Å². The van der Waals surface area contributed by atoms with Crippen LogP contribution in [-0.4, -0.2) is 42.5 Å². The number of aryl methyl sites for hydroxylation is 2. The van der Waals surface area contributed by atoms with Gasteiger partial charge in [0.15, 0.2) is 0 Å². The third kappa shape index (κ3) is 3.37. The zero-order valence-corrected chi connectivity index (χ0v) is 14.2. The summed E-state index contributed by atoms with van der Waals surface area (Å²) in [6.07, 6.45) is 2.39. The SMILES string of the molecule is Cc1cc(C(=O)N(C)C[C@H]2CCCNC2)c2cccc(C)c2n1. The van der Waals surface area contributed by atoms with Crippen molar-refractivity contribution in [3.8, 4) is 0 Å². The lowest BCUT2D eigenvalue weighted by Crippen LogP contribution is -2.39. The average Bonchev–Trinajstić information content (AvgIpc) is 2.55. The molecule has 4 nitrogen and oxygen atoms in total. The van der Waals surface area contributed by atoms with Crippen LogP contribution in [-0.2, 0) is 0 Å². The first-order valence-electron chi connectivity index (χ1n) is 8.39. The van der Waals surface area contributed by atoms with Crippen molar-refractivity contribution in [1.29, 1.82) is 0 Å². The number of pyridine rings is 1. The van der Waals surface area contributed by atoms with E-state index in [9.17, 15) is 4.79 Å². The summed E-state index contributed by atoms with van der Waals surface area (Å²) in [5, 5.41) is 4.37. The molecule has 1 aromatic carbocycles. The zero-order chi connectivity index (χ0) is 16.4. The maximum absolute atomic E-state index is 13.0. The third-order valence-electron chi connectivity index (χ3n) is 4.68. The van der Waals surface area contributed by atoms with Crippen molar-refractivity contribution >= 4 is 16.8 Å². The number of carbonyl (C=O) groups excluding carboxylic acids is 1. The summed E-state index contributed by atoms with van der Waals surface area (Å²) in [5.41, 5.74) is 3.70. The molecule has 1 amide bonds. The highest BCUT2D eigenvalue weighted by Gasteiger charge is 2.21. The second-order valence-corrected chi connectivity index (χ2v) is 6.68. The standard InChI is InChI=1S/C19H25N3O/c1-13-6-4-8-16-17(10-14(2)21-18(13)16)19(23)22(3)12-15-7-5-9-20-11-15/h4,6,8,10,15,20H,5,7,9,11-12H2,1-3H3/t15-/m0/s1. The fourth-order valence-electron chi connectivity index (χ4n) is 3.45. The van der Waals surface area contributed by atoms with Crippen LogP contribution in [0.1, 0.15) is 34.5 Å². The summed E-state index contributed by atoms with van der Waals surface area (Å²) in [5.74, 6) is 0.644. The molecule has 3 rings (SSSR count). The Hall–Kier alpha value is -1.94. The molecule has 2 heterocycles. The maximum atomic E-state index is 13.0. The number of amides is 1. The highest BCUT2D eigenvalue weighted by molar-refractivity contribution is 6.06. The number of para-hydroxylation sites is 1. The van der Waals surface area contributed by atoms with E-state index in [4.69, 9.17) is 0 Å². The number of fused-ring (bicyclic) bond motifs is 1. The molecular weight excluding hydrogens is 286 g/mol. The van der Waals surface area contributed by atoms with Gasteiger partial charge in [-0.1, -0.05) is 18.2 Å². The van der Waals surface area contributed by atoms with E-state index in [2.05, 4.69) is 10.3 Å². The van der Waals surface area contributed by atoms with E-state index >= 15 is 0 Å². The van der Waals surface area contributed by atoms with Crippen LogP contribution in [0.5, 0.6) is 0 Å². The average molecular weight is 311 g/mol. The first-order valence-corrected chi connectivity index (χ1v) is 8.39. The number of piperidine rings is 1. The van der Waals surface area contributed by atoms with Crippen LogP contribution < -0.4 is 5.32 Å². The molecule has 0 aliphatic carbocycles. The van der Waals surface area contributed by atoms with Crippen LogP contribution >= 0.6 is 0 Å². The lowest BCUT2D eigenvalue weighted by Gasteiger charge is -2.28. The quantitative estimate of drug-likeness (QED) is 0.948. The first-order chi connectivity index (χ1) is 11.1. The lowest BCUT2D eigenvalue weighted by atomic mass is 9.98. The Labute approximate surface area is 137 Å². The van der Waals surface area contributed by atoms with Crippen molar-refractivity contribution in [2.45, 2.75) is 26.7 Å². The minimum absolute atomic E-state index is 0.0941. The number of nitrogens with one attached hydrogen (secondary N) is 1. The predicted octanol–water partition coefficient (Wildman–Crippen LogP) is 2.92. The minimum Gasteiger partial charge on any atom is -0.341 e. The van der Waals surface area contributed by atoms with Gasteiger partial charge in [0.2, 0.25) is 0 Å². The number of benzene rings is 1. The maximum Gasteiger partial charge on any atom is 0.254 e. The largest absolute Gasteiger partial charge is 0.341 e. The van der Waals surface area contributed by atoms with E-state index in [0.717, 1.165) is 47.4 Å². The van der Waals surface area contributed by atoms with Gasteiger partial charge in [-0.3, -0.25) is 9.78 Å². The lowest BCUT2D eigenvalue weighted by molar-refractivity contribution is 0.0766. The summed E-state index contributed by atoms with van der Waals surface area (Å²) in [7, 11) is 1.91. The molecule has 1 atom stereocenters. The number of carbonyl (C=O) groups is 1. The van der Waals surface area contributed by atoms with Crippen LogP contribution in [0.4, 0.5) is 0 Å². The van der Waals surface area contributed by atoms with Crippen LogP contribution in [0.2, 0.25) is 0 Å². The van der Waals surface area contributed by atoms with Crippen molar-refractivity contribution < 1.29 is 4.79 Å². The Morgan fingerprint density at radius 1 is 1.39 bits per heavy atom. The van der Waals surface area contributed by atoms with Crippen molar-refractivity contribution in [3.05, 3.63) is 41.1 Å². The van der Waals surface area contributed by atoms with Crippen LogP contribution in [0.15, 0.2) is 24.3 Å². The predicted molar refractivity (Wildman–Crippen MR) is 93.8 cm³/mol. The molecule has 122 valence electrons. The van der Waals surface area contributed by atoms with Crippen LogP contribution in [0.3, 0.4) is 0 Å². The fourth-order valence-corrected chi connectivity index (χ4v) is 3.45. The molecule has 0 radical (unpaired) electrons. The van der Waals surface area contributed by atoms with Gasteiger partial charge in [-0.25, -0.2) is 0 Å². The molecule has 1 saturated heterocycles. The molecule has 1 aliphatic rings. The first kappa shape index (κ1) is 15.9. The Kier molecular flexibility index (Phi) is 4.62. The van der Waals surface area contributed by atoms with Gasteiger partial charge in [0, 0.05) is 24.7 Å². The highest BCUT2D eigenvalue weighted by atomic mass is 16.2. The number of aromatic nitrogens is 1. The molecular formula is C19H25N3O. The topological polar surface area (TPSA) is 45.2 Å². The molecule has 0 spiro atoms. The van der Waals surface area contributed by atoms with Gasteiger partial charge >= 0.3 is 0 Å². The Bertz CT molecular complexity index is 720. The van der Waals surface area contributed by atoms with Gasteiger partial charge in [-0.2, -0.15) is 0 Å². The molecule has 2 aromatic rings. The molecule has 0 bridgehead atoms. The van der Waals surface area contributed by atoms with Crippen LogP contribution in [0.25, 0.3) is 10.9 Å². The number of hydrogen-bond acceptors (Lipinski definition) is 3. The molecule has 4 heteroatoms. The molecule has 0 unspecified atom stereocenters. The summed E-state index contributed by atoms with van der Waals surface area (Å²) in [4.78, 5) is 19.5. The second kappa shape index (κ2) is 6.67. The van der Waals surface area contributed by atoms with Gasteiger partial charge in [0.25, 0.3) is 5.91 Å². The smallest absolute Gasteiger partial charge is 0.254 e. The molecule has 1 aliphatic heterocycles. The van der Waals surface area contributed by atoms with E-state index < -0.39 is 0 Å². The number of rotatable bonds is 3. The van der Waals surface area contributed by atoms with Crippen molar-refractivity contribution in [1.82, 2.24) is 15.2 Å². The zero-order valence-electron chi connectivity index (χ0n) is 14.2. The Morgan fingerprint density at radius 2 is 2.22 bits per heavy atom. The molecule has 1 fully saturated rings. The third-order valence-corrected chi connectivity index (χ3v) is 4.68. The van der Waals surface area contributed by atoms with Crippen molar-refractivity contribution in [3.63, 3.8) is 0 Å². The van der Waals surface area contributed by atoms with Gasteiger partial charge in [0.05, 0.1) is 11.1 Å². The van der Waals surface area contributed by atoms with E-state index in [-0.39, 0.29) is 5.91 Å². The summed E-state index contributed by atoms with van der Waals surface area (Å²) in [6, 6.07) is 7.95. The van der Waals surface area contributed by atoms with Gasteiger partial charge in [-0.05, 0) is 57.3 Å². The minimum atomic E-state index is 0.0941. The van der Waals surface area contributed by atoms with Crippen molar-refractivity contribution in [2.24, 2.45) is 5.92 Å². The monoisotopic (exact) mass is 311 g/mol. The van der Waals surface area contributed by atoms with Gasteiger partial charge in [-0.15, -0.1) is 0 Å². The summed E-state index contributed by atoms with van der Waals surface area (Å²) < 4.78 is 0. The van der Waals surface area contributed by atoms with E-state index in [1.807, 2.05) is 50.1 Å². The van der Waals surface area contributed by atoms with Crippen molar-refractivity contribution in [2.75, 3.05) is 26.7 Å². The number of hydrogen-bond donors (Lipinski definition) is 1. The Morgan fingerprint density at radius 3 is 2.96 bits per heavy atom. The molecule has 0 saturated carbocycles. The number of nitrogens with zero attached hydrogens (tertiary/aromatic N) is 2. The fraction of sp³-hybridized carbons (Fsp3) is 0.474. The molecule has 1 N–H and O–H groups in total. The second-order valence-electron chi connectivity index (χ2n) is 6.68. The highest BCUT2D eigenvalue weighted by Crippen LogP contribution is 2.23. The van der Waals surface area contributed by atoms with Gasteiger partial charge < -0.3 is 10.2 Å². The van der Waals surface area contributed by atoms with E-state index in [0.29, 0.717) is 5.92 Å². The van der Waals surface area contributed by atoms with Crippen LogP contribution in [0, 0.1) is 19.8 Å². The van der Waals surface area contributed by atoms with E-state index in [1.54, 1.807) is 0 Å². The Balaban J connectivity index is 1.89. The normalized spacial score (nSPS) is 18.1. The molecule has 23 heavy (non-hydrogen) atoms.